The smallest absolute Gasteiger partial charge is 0.280 e. The first-order chi connectivity index (χ1) is 13.1. The molecule has 0 atom stereocenters. The van der Waals surface area contributed by atoms with E-state index < -0.39 is 5.91 Å². The number of benzene rings is 2. The van der Waals surface area contributed by atoms with Crippen molar-refractivity contribution in [3.63, 3.8) is 0 Å². The van der Waals surface area contributed by atoms with Gasteiger partial charge in [-0.2, -0.15) is 4.98 Å². The third kappa shape index (κ3) is 3.73. The third-order valence-corrected chi connectivity index (χ3v) is 4.07. The number of hydrogen-bond acceptors (Lipinski definition) is 6. The first-order valence-corrected chi connectivity index (χ1v) is 8.41. The Balaban J connectivity index is 1.48. The zero-order valence-electron chi connectivity index (χ0n) is 14.1. The van der Waals surface area contributed by atoms with E-state index in [1.54, 1.807) is 24.3 Å². The molecule has 0 unspecified atom stereocenters. The molecule has 0 aliphatic rings. The maximum absolute atomic E-state index is 12.3. The molecule has 134 valence electrons. The lowest BCUT2D eigenvalue weighted by molar-refractivity contribution is 0.101. The van der Waals surface area contributed by atoms with Crippen molar-refractivity contribution in [2.24, 2.45) is 0 Å². The maximum Gasteiger partial charge on any atom is 0.280 e. The first kappa shape index (κ1) is 17.0. The summed E-state index contributed by atoms with van der Waals surface area (Å²) in [6, 6.07) is 16.1. The number of carbonyl (C=O) groups excluding carboxylic acids is 1. The Morgan fingerprint density at radius 1 is 0.963 bits per heavy atom. The molecule has 0 saturated carbocycles. The summed E-state index contributed by atoms with van der Waals surface area (Å²) in [6.07, 6.45) is 0. The second-order valence-electron chi connectivity index (χ2n) is 5.83. The van der Waals surface area contributed by atoms with Crippen LogP contribution in [0.15, 0.2) is 63.6 Å². The Hall–Kier alpha value is -3.45. The lowest BCUT2D eigenvalue weighted by Gasteiger charge is -1.95. The van der Waals surface area contributed by atoms with Crippen molar-refractivity contribution in [2.45, 2.75) is 6.92 Å². The van der Waals surface area contributed by atoms with Gasteiger partial charge in [0.1, 0.15) is 0 Å². The molecule has 2 heterocycles. The zero-order chi connectivity index (χ0) is 18.8. The van der Waals surface area contributed by atoms with Crippen LogP contribution in [0.1, 0.15) is 16.1 Å². The predicted octanol–water partition coefficient (Wildman–Crippen LogP) is 4.61. The first-order valence-electron chi connectivity index (χ1n) is 8.03. The van der Waals surface area contributed by atoms with E-state index in [-0.39, 0.29) is 11.6 Å². The molecule has 27 heavy (non-hydrogen) atoms. The molecule has 0 bridgehead atoms. The van der Waals surface area contributed by atoms with Crippen molar-refractivity contribution in [2.75, 3.05) is 5.32 Å². The highest BCUT2D eigenvalue weighted by Gasteiger charge is 2.17. The molecule has 2 aromatic heterocycles. The molecule has 0 saturated heterocycles. The monoisotopic (exact) mass is 380 g/mol. The fraction of sp³-hybridized carbons (Fsp3) is 0.0526. The van der Waals surface area contributed by atoms with Crippen molar-refractivity contribution in [3.05, 3.63) is 70.9 Å². The Morgan fingerprint density at radius 2 is 1.67 bits per heavy atom. The number of aromatic nitrogens is 3. The average Bonchev–Trinajstić information content (AvgIpc) is 3.33. The summed E-state index contributed by atoms with van der Waals surface area (Å²) >= 11 is 5.87. The average molecular weight is 381 g/mol. The summed E-state index contributed by atoms with van der Waals surface area (Å²) in [4.78, 5) is 16.5. The summed E-state index contributed by atoms with van der Waals surface area (Å²) in [5.74, 6) is 0.305. The minimum atomic E-state index is -0.504. The molecule has 0 aliphatic carbocycles. The molecule has 1 N–H and O–H groups in total. The van der Waals surface area contributed by atoms with Crippen molar-refractivity contribution in [1.82, 2.24) is 15.3 Å². The number of amides is 1. The number of nitrogens with one attached hydrogen (secondary N) is 1. The van der Waals surface area contributed by atoms with E-state index in [1.807, 2.05) is 31.2 Å². The normalized spacial score (nSPS) is 10.7. The van der Waals surface area contributed by atoms with Crippen LogP contribution in [0.3, 0.4) is 0 Å². The number of hydrogen-bond donors (Lipinski definition) is 1. The third-order valence-electron chi connectivity index (χ3n) is 3.82. The van der Waals surface area contributed by atoms with Crippen LogP contribution in [0, 0.1) is 6.92 Å². The van der Waals surface area contributed by atoms with Crippen molar-refractivity contribution in [1.29, 1.82) is 0 Å². The molecule has 7 nitrogen and oxygen atoms in total. The molecule has 4 aromatic rings. The highest BCUT2D eigenvalue weighted by Crippen LogP contribution is 2.23. The van der Waals surface area contributed by atoms with Gasteiger partial charge in [0, 0.05) is 22.2 Å². The van der Waals surface area contributed by atoms with Gasteiger partial charge in [-0.3, -0.25) is 10.1 Å². The molecule has 2 aromatic carbocycles. The molecule has 0 fully saturated rings. The van der Waals surface area contributed by atoms with E-state index in [9.17, 15) is 4.79 Å². The van der Waals surface area contributed by atoms with Gasteiger partial charge in [-0.05, 0) is 48.5 Å². The fourth-order valence-electron chi connectivity index (χ4n) is 2.39. The molecule has 0 aliphatic heterocycles. The van der Waals surface area contributed by atoms with E-state index in [2.05, 4.69) is 20.6 Å². The minimum Gasteiger partial charge on any atom is -0.355 e. The van der Waals surface area contributed by atoms with Gasteiger partial charge in [-0.25, -0.2) is 0 Å². The van der Waals surface area contributed by atoms with Crippen LogP contribution >= 0.6 is 11.6 Å². The molecule has 1 amide bonds. The fourth-order valence-corrected chi connectivity index (χ4v) is 2.51. The Kier molecular flexibility index (Phi) is 4.43. The number of nitrogens with zero attached hydrogens (tertiary/aromatic N) is 3. The van der Waals surface area contributed by atoms with Crippen molar-refractivity contribution in [3.8, 4) is 22.8 Å². The van der Waals surface area contributed by atoms with Crippen LogP contribution in [-0.2, 0) is 0 Å². The van der Waals surface area contributed by atoms with E-state index in [4.69, 9.17) is 20.6 Å². The number of carbonyl (C=O) groups is 1. The molecule has 8 heteroatoms. The Morgan fingerprint density at radius 3 is 2.41 bits per heavy atom. The van der Waals surface area contributed by atoms with Crippen molar-refractivity contribution >= 4 is 23.5 Å². The van der Waals surface area contributed by atoms with Crippen molar-refractivity contribution < 1.29 is 13.8 Å². The molecule has 0 spiro atoms. The van der Waals surface area contributed by atoms with E-state index in [1.165, 1.54) is 6.07 Å². The molecule has 0 radical (unpaired) electrons. The second kappa shape index (κ2) is 7.05. The summed E-state index contributed by atoms with van der Waals surface area (Å²) in [5, 5.41) is 10.7. The summed E-state index contributed by atoms with van der Waals surface area (Å²) < 4.78 is 10.4. The summed E-state index contributed by atoms with van der Waals surface area (Å²) in [6.45, 7) is 1.99. The van der Waals surface area contributed by atoms with Crippen LogP contribution in [-0.4, -0.2) is 21.2 Å². The van der Waals surface area contributed by atoms with Crippen LogP contribution in [0.2, 0.25) is 5.02 Å². The van der Waals surface area contributed by atoms with Gasteiger partial charge in [0.2, 0.25) is 0 Å². The zero-order valence-corrected chi connectivity index (χ0v) is 14.9. The summed E-state index contributed by atoms with van der Waals surface area (Å²) in [7, 11) is 0. The van der Waals surface area contributed by atoms with E-state index >= 15 is 0 Å². The van der Waals surface area contributed by atoms with Gasteiger partial charge in [-0.15, -0.1) is 0 Å². The second-order valence-corrected chi connectivity index (χ2v) is 6.26. The van der Waals surface area contributed by atoms with Gasteiger partial charge < -0.3 is 9.05 Å². The highest BCUT2D eigenvalue weighted by molar-refractivity contribution is 6.30. The highest BCUT2D eigenvalue weighted by atomic mass is 35.5. The van der Waals surface area contributed by atoms with Gasteiger partial charge in [0.05, 0.1) is 0 Å². The van der Waals surface area contributed by atoms with Gasteiger partial charge in [0.25, 0.3) is 17.7 Å². The summed E-state index contributed by atoms with van der Waals surface area (Å²) in [5.41, 5.74) is 2.74. The Bertz CT molecular complexity index is 1080. The predicted molar refractivity (Wildman–Crippen MR) is 99.4 cm³/mol. The van der Waals surface area contributed by atoms with Crippen LogP contribution in [0.5, 0.6) is 0 Å². The largest absolute Gasteiger partial charge is 0.355 e. The van der Waals surface area contributed by atoms with Crippen LogP contribution in [0.4, 0.5) is 5.95 Å². The number of halogens is 1. The quantitative estimate of drug-likeness (QED) is 0.555. The topological polar surface area (TPSA) is 94.1 Å². The molecule has 4 rings (SSSR count). The lowest BCUT2D eigenvalue weighted by Crippen LogP contribution is -2.13. The molecular weight excluding hydrogens is 368 g/mol. The maximum atomic E-state index is 12.3. The van der Waals surface area contributed by atoms with Crippen LogP contribution < -0.4 is 5.32 Å². The van der Waals surface area contributed by atoms with Gasteiger partial charge in [0.15, 0.2) is 11.5 Å². The standard InChI is InChI=1S/C19H13ClN4O3/c1-11-2-4-13(5-3-11)18-22-19(24-27-18)21-17(25)15-10-16(26-23-15)12-6-8-14(20)9-7-12/h2-10H,1H3,(H,21,24,25). The SMILES string of the molecule is Cc1ccc(-c2nc(NC(=O)c3cc(-c4ccc(Cl)cc4)on3)no2)cc1. The Labute approximate surface area is 158 Å². The number of rotatable bonds is 4. The van der Waals surface area contributed by atoms with Gasteiger partial charge in [-0.1, -0.05) is 34.5 Å². The number of aryl methyl sites for hydroxylation is 1. The lowest BCUT2D eigenvalue weighted by atomic mass is 10.1. The van der Waals surface area contributed by atoms with E-state index in [0.29, 0.717) is 16.7 Å². The number of anilines is 1. The van der Waals surface area contributed by atoms with E-state index in [0.717, 1.165) is 16.7 Å². The minimum absolute atomic E-state index is 0.0478. The molecular formula is C19H13ClN4O3. The van der Waals surface area contributed by atoms with Gasteiger partial charge >= 0.3 is 0 Å². The van der Waals surface area contributed by atoms with Crippen LogP contribution in [0.25, 0.3) is 22.8 Å².